The van der Waals surface area contributed by atoms with Crippen LogP contribution in [0.1, 0.15) is 124 Å². The Hall–Kier alpha value is -2.16. The molecule has 10 aliphatic carbocycles. The molecule has 1 saturated heterocycles. The van der Waals surface area contributed by atoms with Crippen LogP contribution in [0.4, 0.5) is 0 Å². The number of epoxide rings is 1. The first-order valence-electron chi connectivity index (χ1n) is 22.8. The first kappa shape index (κ1) is 36.0. The molecule has 0 amide bonds. The lowest BCUT2D eigenvalue weighted by atomic mass is 9.66. The van der Waals surface area contributed by atoms with Gasteiger partial charge in [-0.2, -0.15) is 0 Å². The second-order valence-corrected chi connectivity index (χ2v) is 22.3. The van der Waals surface area contributed by atoms with E-state index in [2.05, 4.69) is 0 Å². The number of carbonyl (C=O) groups is 4. The summed E-state index contributed by atoms with van der Waals surface area (Å²) in [6.07, 6.45) is 14.3. The third-order valence-corrected chi connectivity index (χ3v) is 19.5. The molecule has 9 heteroatoms. The first-order valence-corrected chi connectivity index (χ1v) is 22.8. The van der Waals surface area contributed by atoms with E-state index >= 15 is 0 Å². The van der Waals surface area contributed by atoms with Gasteiger partial charge in [0.1, 0.15) is 18.3 Å². The maximum atomic E-state index is 14.6. The Labute approximate surface area is 326 Å². The van der Waals surface area contributed by atoms with Crippen molar-refractivity contribution in [3.05, 3.63) is 0 Å². The van der Waals surface area contributed by atoms with Crippen LogP contribution in [0.5, 0.6) is 0 Å². The number of rotatable bonds is 12. The molecule has 11 fully saturated rings. The van der Waals surface area contributed by atoms with E-state index in [9.17, 15) is 24.3 Å². The molecule has 11 aliphatic rings. The number of hydrogen-bond donors (Lipinski definition) is 1. The molecule has 9 nitrogen and oxygen atoms in total. The van der Waals surface area contributed by atoms with Crippen molar-refractivity contribution in [3.63, 3.8) is 0 Å². The Bertz CT molecular complexity index is 1640. The molecular weight excluding hydrogens is 696 g/mol. The Balaban J connectivity index is 0.799. The fourth-order valence-corrected chi connectivity index (χ4v) is 17.2. The first-order chi connectivity index (χ1) is 26.3. The van der Waals surface area contributed by atoms with E-state index in [1.54, 1.807) is 0 Å². The lowest BCUT2D eigenvalue weighted by molar-refractivity contribution is -0.173. The molecule has 55 heavy (non-hydrogen) atoms. The summed E-state index contributed by atoms with van der Waals surface area (Å²) in [6, 6.07) is 0. The van der Waals surface area contributed by atoms with Crippen LogP contribution < -0.4 is 0 Å². The summed E-state index contributed by atoms with van der Waals surface area (Å²) in [7, 11) is 0. The van der Waals surface area contributed by atoms with Crippen LogP contribution in [0.15, 0.2) is 0 Å². The van der Waals surface area contributed by atoms with Crippen molar-refractivity contribution in [2.24, 2.45) is 106 Å². The number of hydrogen-bond acceptors (Lipinski definition) is 8. The van der Waals surface area contributed by atoms with Gasteiger partial charge in [-0.15, -0.1) is 0 Å². The third-order valence-electron chi connectivity index (χ3n) is 19.5. The molecule has 1 heterocycles. The monoisotopic (exact) mass is 760 g/mol. The van der Waals surface area contributed by atoms with Crippen LogP contribution in [-0.4, -0.2) is 59.5 Å². The summed E-state index contributed by atoms with van der Waals surface area (Å²) in [4.78, 5) is 55.3. The molecule has 22 unspecified atom stereocenters. The molecule has 0 spiro atoms. The molecule has 0 radical (unpaired) electrons. The van der Waals surface area contributed by atoms with Gasteiger partial charge in [0.2, 0.25) is 0 Å². The zero-order valence-corrected chi connectivity index (χ0v) is 33.4. The lowest BCUT2D eigenvalue weighted by Crippen LogP contribution is -2.44. The van der Waals surface area contributed by atoms with E-state index in [-0.39, 0.29) is 66.8 Å². The molecule has 0 aromatic rings. The van der Waals surface area contributed by atoms with Crippen molar-refractivity contribution in [3.8, 4) is 0 Å². The van der Waals surface area contributed by atoms with Crippen LogP contribution >= 0.6 is 0 Å². The van der Waals surface area contributed by atoms with Crippen LogP contribution in [0.3, 0.4) is 0 Å². The highest BCUT2D eigenvalue weighted by molar-refractivity contribution is 5.81. The fourth-order valence-electron chi connectivity index (χ4n) is 17.2. The maximum Gasteiger partial charge on any atom is 0.312 e. The van der Waals surface area contributed by atoms with E-state index in [1.165, 1.54) is 25.7 Å². The van der Waals surface area contributed by atoms with Crippen molar-refractivity contribution in [2.75, 3.05) is 0 Å². The van der Waals surface area contributed by atoms with Gasteiger partial charge in [-0.05, 0) is 188 Å². The summed E-state index contributed by atoms with van der Waals surface area (Å²) in [5, 5.41) is 9.96. The highest BCUT2D eigenvalue weighted by atomic mass is 16.6. The molecule has 10 saturated carbocycles. The second-order valence-electron chi connectivity index (χ2n) is 22.3. The minimum atomic E-state index is -0.939. The molecule has 0 aromatic heterocycles. The zero-order chi connectivity index (χ0) is 37.9. The number of carbonyl (C=O) groups excluding carboxylic acids is 3. The topological polar surface area (TPSA) is 129 Å². The number of ether oxygens (including phenoxy) is 4. The van der Waals surface area contributed by atoms with Crippen molar-refractivity contribution in [1.82, 2.24) is 0 Å². The molecule has 22 atom stereocenters. The minimum absolute atomic E-state index is 0.0264. The number of esters is 3. The van der Waals surface area contributed by atoms with Crippen molar-refractivity contribution in [1.29, 1.82) is 0 Å². The fraction of sp³-hybridized carbons (Fsp3) is 0.913. The number of aliphatic carboxylic acids is 1. The predicted molar refractivity (Wildman–Crippen MR) is 199 cm³/mol. The molecule has 0 aromatic carbocycles. The van der Waals surface area contributed by atoms with Gasteiger partial charge >= 0.3 is 23.9 Å². The Morgan fingerprint density at radius 1 is 0.636 bits per heavy atom. The summed E-state index contributed by atoms with van der Waals surface area (Å²) in [5.74, 6) is 4.77. The van der Waals surface area contributed by atoms with E-state index in [4.69, 9.17) is 18.9 Å². The van der Waals surface area contributed by atoms with Crippen LogP contribution in [0.2, 0.25) is 0 Å². The normalized spacial score (nSPS) is 51.3. The summed E-state index contributed by atoms with van der Waals surface area (Å²) in [6.45, 7) is 7.77. The lowest BCUT2D eigenvalue weighted by Gasteiger charge is -2.41. The van der Waals surface area contributed by atoms with Crippen molar-refractivity contribution < 1.29 is 43.2 Å². The van der Waals surface area contributed by atoms with E-state index < -0.39 is 22.7 Å². The quantitative estimate of drug-likeness (QED) is 0.0933. The number of carboxylic acids is 1. The highest BCUT2D eigenvalue weighted by Gasteiger charge is 2.68. The Kier molecular flexibility index (Phi) is 8.12. The van der Waals surface area contributed by atoms with Gasteiger partial charge in [0, 0.05) is 5.92 Å². The van der Waals surface area contributed by atoms with Crippen molar-refractivity contribution in [2.45, 2.75) is 155 Å². The van der Waals surface area contributed by atoms with Crippen LogP contribution in [0, 0.1) is 106 Å². The average Bonchev–Trinajstić information content (AvgIpc) is 3.97. The van der Waals surface area contributed by atoms with Gasteiger partial charge in [0.15, 0.2) is 0 Å². The van der Waals surface area contributed by atoms with E-state index in [1.807, 2.05) is 27.7 Å². The van der Waals surface area contributed by atoms with Gasteiger partial charge in [0.05, 0.1) is 34.9 Å². The summed E-state index contributed by atoms with van der Waals surface area (Å²) >= 11 is 0. The van der Waals surface area contributed by atoms with Gasteiger partial charge < -0.3 is 24.1 Å². The molecule has 8 bridgehead atoms. The largest absolute Gasteiger partial charge is 0.481 e. The minimum Gasteiger partial charge on any atom is -0.481 e. The van der Waals surface area contributed by atoms with E-state index in [0.29, 0.717) is 83.7 Å². The Morgan fingerprint density at radius 3 is 2.04 bits per heavy atom. The average molecular weight is 761 g/mol. The number of carboxylic acid groups (broad SMARTS) is 1. The third kappa shape index (κ3) is 5.37. The summed E-state index contributed by atoms with van der Waals surface area (Å²) < 4.78 is 25.4. The Morgan fingerprint density at radius 2 is 1.25 bits per heavy atom. The zero-order valence-electron chi connectivity index (χ0n) is 33.4. The predicted octanol–water partition coefficient (Wildman–Crippen LogP) is 7.47. The van der Waals surface area contributed by atoms with E-state index in [0.717, 1.165) is 57.3 Å². The summed E-state index contributed by atoms with van der Waals surface area (Å²) in [5.41, 5.74) is -1.87. The highest BCUT2D eigenvalue weighted by Crippen LogP contribution is 2.70. The molecule has 1 aliphatic heterocycles. The molecule has 11 rings (SSSR count). The molecular formula is C46H64O9. The van der Waals surface area contributed by atoms with Crippen LogP contribution in [-0.2, 0) is 38.1 Å². The number of fused-ring (bicyclic) bond motifs is 21. The van der Waals surface area contributed by atoms with Gasteiger partial charge in [-0.3, -0.25) is 19.2 Å². The maximum absolute atomic E-state index is 14.6. The van der Waals surface area contributed by atoms with Crippen LogP contribution in [0.25, 0.3) is 0 Å². The standard InChI is InChI=1S/C46H64O9/c1-5-46(4,44(51)55-35-16-23-13-31(35)38-29-11-22(37(23)38)12-30(29)41(47)48)19-24(42(49)53-34-15-21-10-32(34)39-27(21)17-36-40(39)52-36)18-45(2,3)43(50)54-33-14-20-9-28(33)26-8-6-7-25(20)26/h20-40H,5-19H2,1-4H3,(H,47,48). The smallest absolute Gasteiger partial charge is 0.312 e. The SMILES string of the molecule is CCC(C)(CC(CC(C)(C)C(=O)OC1CC2CC1C1CCCC21)C(=O)OC1CC2CC1C1C2CC2OC21)C(=O)OC1CC2CC1C1C3CC(CC3C(=O)O)C21. The van der Waals surface area contributed by atoms with Gasteiger partial charge in [0.25, 0.3) is 0 Å². The van der Waals surface area contributed by atoms with Crippen molar-refractivity contribution >= 4 is 23.9 Å². The molecule has 1 N–H and O–H groups in total. The second kappa shape index (κ2) is 12.4. The molecule has 302 valence electrons. The van der Waals surface area contributed by atoms with Gasteiger partial charge in [-0.1, -0.05) is 13.3 Å². The van der Waals surface area contributed by atoms with Gasteiger partial charge in [-0.25, -0.2) is 0 Å².